The SMILES string of the molecule is CCOc1cccc(N)c1C(=O)OC1CCCCCC1. The summed E-state index contributed by atoms with van der Waals surface area (Å²) in [7, 11) is 0. The summed E-state index contributed by atoms with van der Waals surface area (Å²) in [6, 6.07) is 5.23. The summed E-state index contributed by atoms with van der Waals surface area (Å²) < 4.78 is 11.1. The number of hydrogen-bond acceptors (Lipinski definition) is 4. The van der Waals surface area contributed by atoms with Crippen LogP contribution in [0.1, 0.15) is 55.8 Å². The van der Waals surface area contributed by atoms with Crippen LogP contribution in [0.25, 0.3) is 0 Å². The fourth-order valence-corrected chi connectivity index (χ4v) is 2.61. The Labute approximate surface area is 120 Å². The van der Waals surface area contributed by atoms with Gasteiger partial charge in [0.1, 0.15) is 17.4 Å². The third-order valence-electron chi connectivity index (χ3n) is 3.64. The van der Waals surface area contributed by atoms with E-state index in [4.69, 9.17) is 15.2 Å². The molecule has 0 bridgehead atoms. The quantitative estimate of drug-likeness (QED) is 0.519. The van der Waals surface area contributed by atoms with E-state index < -0.39 is 0 Å². The number of hydrogen-bond donors (Lipinski definition) is 1. The first-order valence-electron chi connectivity index (χ1n) is 7.44. The molecule has 1 aliphatic rings. The van der Waals surface area contributed by atoms with E-state index in [9.17, 15) is 4.79 Å². The minimum absolute atomic E-state index is 0.0130. The zero-order valence-electron chi connectivity index (χ0n) is 12.1. The summed E-state index contributed by atoms with van der Waals surface area (Å²) in [5, 5.41) is 0. The molecular formula is C16H23NO3. The van der Waals surface area contributed by atoms with E-state index in [2.05, 4.69) is 0 Å². The molecule has 20 heavy (non-hydrogen) atoms. The highest BCUT2D eigenvalue weighted by Gasteiger charge is 2.22. The van der Waals surface area contributed by atoms with E-state index in [-0.39, 0.29) is 12.1 Å². The zero-order chi connectivity index (χ0) is 14.4. The standard InChI is InChI=1S/C16H23NO3/c1-2-19-14-11-7-10-13(17)15(14)16(18)20-12-8-5-3-4-6-9-12/h7,10-12H,2-6,8-9,17H2,1H3. The van der Waals surface area contributed by atoms with E-state index >= 15 is 0 Å². The number of ether oxygens (including phenoxy) is 2. The van der Waals surface area contributed by atoms with Crippen LogP contribution in [0.2, 0.25) is 0 Å². The second-order valence-electron chi connectivity index (χ2n) is 5.17. The van der Waals surface area contributed by atoms with Gasteiger partial charge in [0.15, 0.2) is 0 Å². The van der Waals surface area contributed by atoms with E-state index in [1.54, 1.807) is 18.2 Å². The van der Waals surface area contributed by atoms with Gasteiger partial charge in [-0.1, -0.05) is 18.9 Å². The molecule has 0 aromatic heterocycles. The molecule has 0 radical (unpaired) electrons. The molecule has 2 N–H and O–H groups in total. The van der Waals surface area contributed by atoms with Crippen molar-refractivity contribution in [1.29, 1.82) is 0 Å². The van der Waals surface area contributed by atoms with Gasteiger partial charge in [-0.2, -0.15) is 0 Å². The minimum atomic E-state index is -0.363. The number of esters is 1. The largest absolute Gasteiger partial charge is 0.493 e. The first kappa shape index (κ1) is 14.7. The third kappa shape index (κ3) is 3.65. The molecule has 0 amide bonds. The van der Waals surface area contributed by atoms with Crippen molar-refractivity contribution in [1.82, 2.24) is 0 Å². The lowest BCUT2D eigenvalue weighted by Gasteiger charge is -2.17. The van der Waals surface area contributed by atoms with Crippen molar-refractivity contribution in [3.8, 4) is 5.75 Å². The van der Waals surface area contributed by atoms with Crippen molar-refractivity contribution in [2.45, 2.75) is 51.6 Å². The molecule has 0 atom stereocenters. The summed E-state index contributed by atoms with van der Waals surface area (Å²) >= 11 is 0. The maximum absolute atomic E-state index is 12.4. The average molecular weight is 277 g/mol. The lowest BCUT2D eigenvalue weighted by Crippen LogP contribution is -2.19. The molecule has 0 saturated heterocycles. The van der Waals surface area contributed by atoms with Gasteiger partial charge in [0.2, 0.25) is 0 Å². The summed E-state index contributed by atoms with van der Waals surface area (Å²) in [5.41, 5.74) is 6.68. The van der Waals surface area contributed by atoms with Crippen molar-refractivity contribution in [2.75, 3.05) is 12.3 Å². The van der Waals surface area contributed by atoms with Gasteiger partial charge in [0.05, 0.1) is 6.61 Å². The van der Waals surface area contributed by atoms with E-state index in [0.29, 0.717) is 23.6 Å². The van der Waals surface area contributed by atoms with Gasteiger partial charge in [-0.15, -0.1) is 0 Å². The highest BCUT2D eigenvalue weighted by Crippen LogP contribution is 2.27. The molecule has 0 aliphatic heterocycles. The van der Waals surface area contributed by atoms with Crippen LogP contribution in [0.3, 0.4) is 0 Å². The number of nitrogen functional groups attached to an aromatic ring is 1. The Bertz CT molecular complexity index is 451. The molecule has 0 spiro atoms. The predicted molar refractivity (Wildman–Crippen MR) is 78.9 cm³/mol. The monoisotopic (exact) mass is 277 g/mol. The first-order chi connectivity index (χ1) is 9.72. The van der Waals surface area contributed by atoms with Crippen LogP contribution in [0.15, 0.2) is 18.2 Å². The second-order valence-corrected chi connectivity index (χ2v) is 5.17. The number of rotatable bonds is 4. The van der Waals surface area contributed by atoms with Crippen LogP contribution in [-0.2, 0) is 4.74 Å². The predicted octanol–water partition coefficient (Wildman–Crippen LogP) is 3.55. The average Bonchev–Trinajstić information content (AvgIpc) is 2.67. The van der Waals surface area contributed by atoms with E-state index in [1.807, 2.05) is 6.92 Å². The van der Waals surface area contributed by atoms with Gasteiger partial charge in [-0.3, -0.25) is 0 Å². The van der Waals surface area contributed by atoms with Crippen molar-refractivity contribution >= 4 is 11.7 Å². The summed E-state index contributed by atoms with van der Waals surface area (Å²) in [4.78, 5) is 12.4. The van der Waals surface area contributed by atoms with Crippen molar-refractivity contribution in [3.63, 3.8) is 0 Å². The smallest absolute Gasteiger partial charge is 0.344 e. The number of carbonyl (C=O) groups excluding carboxylic acids is 1. The van der Waals surface area contributed by atoms with Crippen molar-refractivity contribution < 1.29 is 14.3 Å². The molecule has 1 aromatic carbocycles. The lowest BCUT2D eigenvalue weighted by atomic mass is 10.1. The Hall–Kier alpha value is -1.71. The number of nitrogens with two attached hydrogens (primary N) is 1. The molecule has 110 valence electrons. The number of benzene rings is 1. The molecule has 2 rings (SSSR count). The van der Waals surface area contributed by atoms with Gasteiger partial charge >= 0.3 is 5.97 Å². The summed E-state index contributed by atoms with van der Waals surface area (Å²) in [5.74, 6) is 0.143. The lowest BCUT2D eigenvalue weighted by molar-refractivity contribution is 0.0264. The first-order valence-corrected chi connectivity index (χ1v) is 7.44. The number of anilines is 1. The fraction of sp³-hybridized carbons (Fsp3) is 0.562. The zero-order valence-corrected chi connectivity index (χ0v) is 12.1. The van der Waals surface area contributed by atoms with Crippen molar-refractivity contribution in [3.05, 3.63) is 23.8 Å². The van der Waals surface area contributed by atoms with Crippen LogP contribution in [0.5, 0.6) is 5.75 Å². The van der Waals surface area contributed by atoms with Crippen LogP contribution in [0, 0.1) is 0 Å². The van der Waals surface area contributed by atoms with Crippen LogP contribution in [0.4, 0.5) is 5.69 Å². The topological polar surface area (TPSA) is 61.5 Å². The van der Waals surface area contributed by atoms with Crippen LogP contribution in [-0.4, -0.2) is 18.7 Å². The van der Waals surface area contributed by atoms with E-state index in [1.165, 1.54) is 12.8 Å². The third-order valence-corrected chi connectivity index (χ3v) is 3.64. The fourth-order valence-electron chi connectivity index (χ4n) is 2.61. The maximum Gasteiger partial charge on any atom is 0.344 e. The summed E-state index contributed by atoms with van der Waals surface area (Å²) in [6.07, 6.45) is 6.61. The van der Waals surface area contributed by atoms with Gasteiger partial charge in [0.25, 0.3) is 0 Å². The summed E-state index contributed by atoms with van der Waals surface area (Å²) in [6.45, 7) is 2.37. The highest BCUT2D eigenvalue weighted by atomic mass is 16.5. The molecule has 1 fully saturated rings. The van der Waals surface area contributed by atoms with Crippen LogP contribution < -0.4 is 10.5 Å². The minimum Gasteiger partial charge on any atom is -0.493 e. The molecule has 4 heteroatoms. The van der Waals surface area contributed by atoms with Crippen LogP contribution >= 0.6 is 0 Å². The molecule has 1 aromatic rings. The van der Waals surface area contributed by atoms with Crippen molar-refractivity contribution in [2.24, 2.45) is 0 Å². The van der Waals surface area contributed by atoms with Gasteiger partial charge in [0, 0.05) is 5.69 Å². The normalized spacial score (nSPS) is 16.4. The molecule has 0 unspecified atom stereocenters. The molecule has 4 nitrogen and oxygen atoms in total. The molecule has 0 heterocycles. The Morgan fingerprint density at radius 3 is 2.60 bits per heavy atom. The van der Waals surface area contributed by atoms with Gasteiger partial charge < -0.3 is 15.2 Å². The highest BCUT2D eigenvalue weighted by molar-refractivity contribution is 5.98. The maximum atomic E-state index is 12.4. The van der Waals surface area contributed by atoms with E-state index in [0.717, 1.165) is 25.7 Å². The Kier molecular flexibility index (Phi) is 5.27. The molecule has 1 saturated carbocycles. The second kappa shape index (κ2) is 7.17. The molecule has 1 aliphatic carbocycles. The van der Waals surface area contributed by atoms with Gasteiger partial charge in [-0.05, 0) is 44.7 Å². The number of carbonyl (C=O) groups is 1. The molecular weight excluding hydrogens is 254 g/mol. The Balaban J connectivity index is 2.11. The van der Waals surface area contributed by atoms with Gasteiger partial charge in [-0.25, -0.2) is 4.79 Å². The Morgan fingerprint density at radius 1 is 1.25 bits per heavy atom. The Morgan fingerprint density at radius 2 is 1.95 bits per heavy atom.